The third-order valence-electron chi connectivity index (χ3n) is 6.19. The van der Waals surface area contributed by atoms with Gasteiger partial charge in [0.05, 0.1) is 19.0 Å². The van der Waals surface area contributed by atoms with Gasteiger partial charge in [0.1, 0.15) is 29.8 Å². The molecule has 0 aliphatic carbocycles. The average Bonchev–Trinajstić information content (AvgIpc) is 3.40. The van der Waals surface area contributed by atoms with Gasteiger partial charge in [0, 0.05) is 0 Å². The lowest BCUT2D eigenvalue weighted by Gasteiger charge is -2.27. The number of aliphatic hydroxyl groups is 1. The number of carbonyl (C=O) groups is 1. The number of ether oxygens (including phenoxy) is 3. The first-order valence-electron chi connectivity index (χ1n) is 13.2. The zero-order chi connectivity index (χ0) is 30.9. The van der Waals surface area contributed by atoms with Crippen molar-refractivity contribution in [1.29, 1.82) is 0 Å². The second-order valence-corrected chi connectivity index (χ2v) is 11.9. The van der Waals surface area contributed by atoms with Gasteiger partial charge in [-0.25, -0.2) is 23.3 Å². The zero-order valence-corrected chi connectivity index (χ0v) is 24.9. The fraction of sp³-hybridized carbons (Fsp3) is 0.538. The van der Waals surface area contributed by atoms with E-state index in [0.29, 0.717) is 0 Å². The molecule has 2 N–H and O–H groups in total. The number of halogens is 2. The summed E-state index contributed by atoms with van der Waals surface area (Å²) in [5.41, 5.74) is -2.18. The summed E-state index contributed by atoms with van der Waals surface area (Å²) in [4.78, 5) is 25.0. The molecule has 3 heterocycles. The number of aromatic nitrogens is 4. The van der Waals surface area contributed by atoms with Crippen molar-refractivity contribution in [2.24, 2.45) is 0 Å². The van der Waals surface area contributed by atoms with E-state index in [1.54, 1.807) is 45.9 Å². The summed E-state index contributed by atoms with van der Waals surface area (Å²) in [6.07, 6.45) is -3.66. The van der Waals surface area contributed by atoms with E-state index in [2.05, 4.69) is 20.0 Å². The third kappa shape index (κ3) is 6.55. The van der Waals surface area contributed by atoms with E-state index in [1.807, 2.05) is 0 Å². The number of fused-ring (bicyclic) bond motifs is 1. The van der Waals surface area contributed by atoms with Crippen LogP contribution in [0.15, 0.2) is 36.7 Å². The Morgan fingerprint density at radius 3 is 2.60 bits per heavy atom. The van der Waals surface area contributed by atoms with Crippen LogP contribution in [0.25, 0.3) is 11.2 Å². The molecule has 1 aromatic carbocycles. The lowest BCUT2D eigenvalue weighted by molar-refractivity contribution is -0.192. The number of hydrogen-bond donors (Lipinski definition) is 2. The summed E-state index contributed by atoms with van der Waals surface area (Å²) >= 11 is 0. The van der Waals surface area contributed by atoms with Gasteiger partial charge in [-0.15, -0.1) is 0 Å². The molecule has 0 bridgehead atoms. The van der Waals surface area contributed by atoms with Crippen molar-refractivity contribution in [2.75, 3.05) is 13.2 Å². The summed E-state index contributed by atoms with van der Waals surface area (Å²) in [6, 6.07) is 6.54. The molecule has 42 heavy (non-hydrogen) atoms. The number of para-hydroxylation sites is 1. The number of rotatable bonds is 12. The van der Waals surface area contributed by atoms with Crippen molar-refractivity contribution in [3.8, 4) is 11.6 Å². The first kappa shape index (κ1) is 31.7. The number of nitrogens with one attached hydrogen (secondary N) is 1. The number of esters is 1. The largest absolute Gasteiger partial charge is 0.476 e. The van der Waals surface area contributed by atoms with E-state index >= 15 is 8.78 Å². The van der Waals surface area contributed by atoms with E-state index in [0.717, 1.165) is 11.5 Å². The Morgan fingerprint density at radius 2 is 1.95 bits per heavy atom. The van der Waals surface area contributed by atoms with Crippen LogP contribution in [0.5, 0.6) is 11.6 Å². The van der Waals surface area contributed by atoms with E-state index in [9.17, 15) is 14.5 Å². The molecule has 0 saturated carbocycles. The fourth-order valence-corrected chi connectivity index (χ4v) is 5.79. The highest BCUT2D eigenvalue weighted by molar-refractivity contribution is 7.52. The van der Waals surface area contributed by atoms with E-state index < -0.39 is 56.3 Å². The summed E-state index contributed by atoms with van der Waals surface area (Å²) in [5, 5.41) is 13.5. The molecule has 2 unspecified atom stereocenters. The van der Waals surface area contributed by atoms with Crippen LogP contribution in [0.3, 0.4) is 0 Å². The molecule has 1 saturated heterocycles. The van der Waals surface area contributed by atoms with Crippen LogP contribution in [0.2, 0.25) is 0 Å². The summed E-state index contributed by atoms with van der Waals surface area (Å²) in [6.45, 7) is 7.96. The predicted octanol–water partition coefficient (Wildman–Crippen LogP) is 3.95. The van der Waals surface area contributed by atoms with Gasteiger partial charge in [-0.2, -0.15) is 10.1 Å². The van der Waals surface area contributed by atoms with Crippen LogP contribution in [0, 0.1) is 6.92 Å². The van der Waals surface area contributed by atoms with Crippen LogP contribution in [-0.2, 0) is 23.4 Å². The van der Waals surface area contributed by atoms with Gasteiger partial charge in [0.2, 0.25) is 5.88 Å². The molecule has 3 aromatic rings. The van der Waals surface area contributed by atoms with Gasteiger partial charge in [0.25, 0.3) is 5.85 Å². The average molecular weight is 614 g/mol. The Morgan fingerprint density at radius 1 is 1.26 bits per heavy atom. The van der Waals surface area contributed by atoms with Crippen LogP contribution in [-0.4, -0.2) is 73.6 Å². The van der Waals surface area contributed by atoms with Crippen molar-refractivity contribution >= 4 is 24.9 Å². The predicted molar refractivity (Wildman–Crippen MR) is 145 cm³/mol. The Bertz CT molecular complexity index is 1460. The Labute approximate surface area is 241 Å². The number of imidazole rings is 1. The summed E-state index contributed by atoms with van der Waals surface area (Å²) in [7, 11) is -4.57. The second-order valence-electron chi connectivity index (χ2n) is 10.2. The van der Waals surface area contributed by atoms with Crippen LogP contribution >= 0.6 is 7.75 Å². The molecule has 0 amide bonds. The molecule has 13 nitrogen and oxygen atoms in total. The van der Waals surface area contributed by atoms with Gasteiger partial charge >= 0.3 is 13.7 Å². The van der Waals surface area contributed by atoms with Crippen LogP contribution in [0.4, 0.5) is 8.78 Å². The van der Waals surface area contributed by atoms with Gasteiger partial charge in [0.15, 0.2) is 23.6 Å². The quantitative estimate of drug-likeness (QED) is 0.224. The zero-order valence-electron chi connectivity index (χ0n) is 24.0. The Balaban J connectivity index is 1.61. The highest BCUT2D eigenvalue weighted by atomic mass is 31.2. The molecule has 4 rings (SSSR count). The number of aryl methyl sites for hydroxylation is 1. The van der Waals surface area contributed by atoms with Gasteiger partial charge in [-0.1, -0.05) is 18.2 Å². The van der Waals surface area contributed by atoms with Gasteiger partial charge in [-0.05, 0) is 53.7 Å². The lowest BCUT2D eigenvalue weighted by Crippen LogP contribution is -2.46. The minimum atomic E-state index is -4.57. The normalized spacial score (nSPS) is 26.2. The SMILES string of the molecule is CCOc1nc(C)nc2c1ncn2[C@@H]1O[C@](F)(COP(=O)(NC(C)C(=O)OC(C)C)Oc2ccccc2)[C@@H](F)[C@@]1(C)O. The first-order chi connectivity index (χ1) is 19.7. The number of hydrogen-bond acceptors (Lipinski definition) is 11. The molecular formula is C26H34F2N5O8P. The Hall–Kier alpha value is -3.23. The van der Waals surface area contributed by atoms with Crippen LogP contribution < -0.4 is 14.3 Å². The molecule has 1 aliphatic rings. The van der Waals surface area contributed by atoms with E-state index in [-0.39, 0.29) is 35.2 Å². The maximum Gasteiger partial charge on any atom is 0.459 e. The maximum absolute atomic E-state index is 16.2. The maximum atomic E-state index is 16.2. The van der Waals surface area contributed by atoms with Crippen molar-refractivity contribution in [3.63, 3.8) is 0 Å². The van der Waals surface area contributed by atoms with Crippen molar-refractivity contribution in [2.45, 2.75) is 77.5 Å². The van der Waals surface area contributed by atoms with Crippen molar-refractivity contribution in [3.05, 3.63) is 42.5 Å². The van der Waals surface area contributed by atoms with Crippen LogP contribution in [0.1, 0.15) is 46.7 Å². The number of alkyl halides is 2. The number of carbonyl (C=O) groups excluding carboxylic acids is 1. The standard InChI is InChI=1S/C26H34F2N5O8P/c1-7-37-21-19-20(30-17(5)31-21)33(14-29-19)24-25(6,35)23(27)26(28,40-24)13-38-42(36,41-18-11-9-8-10-12-18)32-16(4)22(34)39-15(2)3/h8-12,14-16,23-24,35H,7,13H2,1-6H3,(H,32,36)/t16?,23-,24+,25+,26+,42?/m0/s1. The molecule has 0 radical (unpaired) electrons. The minimum Gasteiger partial charge on any atom is -0.476 e. The molecular weight excluding hydrogens is 579 g/mol. The van der Waals surface area contributed by atoms with Gasteiger partial charge < -0.3 is 23.8 Å². The minimum absolute atomic E-state index is 0.0599. The Kier molecular flexibility index (Phi) is 9.19. The smallest absolute Gasteiger partial charge is 0.459 e. The molecule has 1 aliphatic heterocycles. The topological polar surface area (TPSA) is 156 Å². The van der Waals surface area contributed by atoms with Crippen molar-refractivity contribution in [1.82, 2.24) is 24.6 Å². The van der Waals surface area contributed by atoms with Crippen molar-refractivity contribution < 1.29 is 46.5 Å². The molecule has 1 fully saturated rings. The molecule has 0 spiro atoms. The molecule has 230 valence electrons. The molecule has 6 atom stereocenters. The first-order valence-corrected chi connectivity index (χ1v) is 14.8. The van der Waals surface area contributed by atoms with E-state index in [4.69, 9.17) is 23.3 Å². The second kappa shape index (κ2) is 12.2. The highest BCUT2D eigenvalue weighted by Crippen LogP contribution is 2.52. The highest BCUT2D eigenvalue weighted by Gasteiger charge is 2.65. The van der Waals surface area contributed by atoms with Gasteiger partial charge in [-0.3, -0.25) is 13.9 Å². The fourth-order valence-electron chi connectivity index (χ4n) is 4.28. The summed E-state index contributed by atoms with van der Waals surface area (Å²) < 4.78 is 73.6. The third-order valence-corrected chi connectivity index (χ3v) is 7.82. The summed E-state index contributed by atoms with van der Waals surface area (Å²) in [5.74, 6) is -3.61. The number of benzene rings is 1. The molecule has 2 aromatic heterocycles. The monoisotopic (exact) mass is 613 g/mol. The number of nitrogens with zero attached hydrogens (tertiary/aromatic N) is 4. The molecule has 16 heteroatoms. The lowest BCUT2D eigenvalue weighted by atomic mass is 9.97. The van der Waals surface area contributed by atoms with E-state index in [1.165, 1.54) is 25.4 Å².